The molecule has 0 spiro atoms. The predicted octanol–water partition coefficient (Wildman–Crippen LogP) is 3.91. The first-order valence-corrected chi connectivity index (χ1v) is 6.93. The lowest BCUT2D eigenvalue weighted by Gasteiger charge is -2.27. The first kappa shape index (κ1) is 15.2. The number of nitrogens with zero attached hydrogens (tertiary/aromatic N) is 1. The summed E-state index contributed by atoms with van der Waals surface area (Å²) < 4.78 is 39.7. The minimum Gasteiger partial charge on any atom is -0.481 e. The van der Waals surface area contributed by atoms with Crippen LogP contribution in [0.4, 0.5) is 18.9 Å². The van der Waals surface area contributed by atoms with Crippen molar-refractivity contribution in [3.8, 4) is 0 Å². The number of rotatable bonds is 5. The van der Waals surface area contributed by atoms with Crippen molar-refractivity contribution in [1.82, 2.24) is 0 Å². The van der Waals surface area contributed by atoms with Crippen LogP contribution in [0, 0.1) is 0 Å². The fourth-order valence-corrected chi connectivity index (χ4v) is 2.45. The lowest BCUT2D eigenvalue weighted by Crippen LogP contribution is -2.30. The van der Waals surface area contributed by atoms with Crippen LogP contribution in [0.1, 0.15) is 24.8 Å². The largest absolute Gasteiger partial charge is 0.481 e. The van der Waals surface area contributed by atoms with Crippen LogP contribution >= 0.6 is 15.9 Å². The molecule has 1 aromatic rings. The standard InChI is InChI=1S/C13H13BrF3NO2/c14-8-1-4-11(10(7-8)13(15,16)17)18(9-2-3-9)6-5-12(19)20/h1,4,7,9H,2-3,5-6H2,(H,19,20). The minimum atomic E-state index is -4.46. The molecule has 3 nitrogen and oxygen atoms in total. The van der Waals surface area contributed by atoms with Gasteiger partial charge in [0.15, 0.2) is 0 Å². The third-order valence-electron chi connectivity index (χ3n) is 3.13. The number of carbonyl (C=O) groups is 1. The number of anilines is 1. The van der Waals surface area contributed by atoms with Crippen molar-refractivity contribution in [2.24, 2.45) is 0 Å². The molecule has 0 atom stereocenters. The fraction of sp³-hybridized carbons (Fsp3) is 0.462. The van der Waals surface area contributed by atoms with Crippen molar-refractivity contribution in [2.75, 3.05) is 11.4 Å². The molecule has 20 heavy (non-hydrogen) atoms. The Balaban J connectivity index is 2.35. The predicted molar refractivity (Wildman–Crippen MR) is 71.8 cm³/mol. The van der Waals surface area contributed by atoms with Crippen molar-refractivity contribution in [2.45, 2.75) is 31.5 Å². The summed E-state index contributed by atoms with van der Waals surface area (Å²) in [7, 11) is 0. The summed E-state index contributed by atoms with van der Waals surface area (Å²) in [4.78, 5) is 12.2. The van der Waals surface area contributed by atoms with Gasteiger partial charge in [0.05, 0.1) is 12.0 Å². The van der Waals surface area contributed by atoms with Crippen LogP contribution in [-0.4, -0.2) is 23.7 Å². The molecule has 1 saturated carbocycles. The Kier molecular flexibility index (Phi) is 4.27. The van der Waals surface area contributed by atoms with Gasteiger partial charge >= 0.3 is 12.1 Å². The summed E-state index contributed by atoms with van der Waals surface area (Å²) in [6.07, 6.45) is -3.04. The van der Waals surface area contributed by atoms with Gasteiger partial charge in [-0.1, -0.05) is 15.9 Å². The van der Waals surface area contributed by atoms with Crippen molar-refractivity contribution < 1.29 is 23.1 Å². The van der Waals surface area contributed by atoms with Gasteiger partial charge in [-0.25, -0.2) is 0 Å². The van der Waals surface area contributed by atoms with Gasteiger partial charge in [-0.2, -0.15) is 13.2 Å². The van der Waals surface area contributed by atoms with Crippen LogP contribution < -0.4 is 4.90 Å². The van der Waals surface area contributed by atoms with E-state index in [1.807, 2.05) is 0 Å². The fourth-order valence-electron chi connectivity index (χ4n) is 2.09. The van der Waals surface area contributed by atoms with Gasteiger partial charge in [0, 0.05) is 22.7 Å². The van der Waals surface area contributed by atoms with Crippen LogP contribution in [0.2, 0.25) is 0 Å². The molecule has 1 fully saturated rings. The molecule has 1 N–H and O–H groups in total. The Morgan fingerprint density at radius 2 is 2.05 bits per heavy atom. The maximum atomic E-state index is 13.1. The second-order valence-electron chi connectivity index (χ2n) is 4.73. The number of benzene rings is 1. The van der Waals surface area contributed by atoms with E-state index in [4.69, 9.17) is 5.11 Å². The Labute approximate surface area is 122 Å². The van der Waals surface area contributed by atoms with Gasteiger partial charge in [-0.3, -0.25) is 4.79 Å². The van der Waals surface area contributed by atoms with Gasteiger partial charge < -0.3 is 10.0 Å². The molecule has 0 heterocycles. The zero-order chi connectivity index (χ0) is 14.9. The molecule has 1 aromatic carbocycles. The number of carboxylic acid groups (broad SMARTS) is 1. The van der Waals surface area contributed by atoms with Crippen LogP contribution in [0.25, 0.3) is 0 Å². The van der Waals surface area contributed by atoms with E-state index in [-0.39, 0.29) is 24.7 Å². The monoisotopic (exact) mass is 351 g/mol. The average molecular weight is 352 g/mol. The maximum absolute atomic E-state index is 13.1. The van der Waals surface area contributed by atoms with Gasteiger partial charge in [0.1, 0.15) is 0 Å². The smallest absolute Gasteiger partial charge is 0.418 e. The molecule has 0 unspecified atom stereocenters. The summed E-state index contributed by atoms with van der Waals surface area (Å²) in [5.41, 5.74) is -0.673. The van der Waals surface area contributed by atoms with Gasteiger partial charge in [0.2, 0.25) is 0 Å². The Morgan fingerprint density at radius 1 is 1.40 bits per heavy atom. The van der Waals surface area contributed by atoms with E-state index < -0.39 is 17.7 Å². The first-order chi connectivity index (χ1) is 9.29. The quantitative estimate of drug-likeness (QED) is 0.874. The summed E-state index contributed by atoms with van der Waals surface area (Å²) in [5.74, 6) is -1.01. The highest BCUT2D eigenvalue weighted by Crippen LogP contribution is 2.41. The number of aliphatic carboxylic acids is 1. The Bertz CT molecular complexity index is 515. The number of hydrogen-bond donors (Lipinski definition) is 1. The number of halogens is 4. The molecular weight excluding hydrogens is 339 g/mol. The molecule has 0 aliphatic heterocycles. The molecule has 7 heteroatoms. The van der Waals surface area contributed by atoms with Crippen LogP contribution in [0.5, 0.6) is 0 Å². The van der Waals surface area contributed by atoms with E-state index in [2.05, 4.69) is 15.9 Å². The van der Waals surface area contributed by atoms with Gasteiger partial charge in [-0.15, -0.1) is 0 Å². The lowest BCUT2D eigenvalue weighted by atomic mass is 10.1. The van der Waals surface area contributed by atoms with E-state index in [0.29, 0.717) is 4.47 Å². The SMILES string of the molecule is O=C(O)CCN(c1ccc(Br)cc1C(F)(F)F)C1CC1. The first-order valence-electron chi connectivity index (χ1n) is 6.14. The Morgan fingerprint density at radius 3 is 2.55 bits per heavy atom. The van der Waals surface area contributed by atoms with Crippen molar-refractivity contribution >= 4 is 27.6 Å². The van der Waals surface area contributed by atoms with Gasteiger partial charge in [0.25, 0.3) is 0 Å². The molecule has 0 bridgehead atoms. The van der Waals surface area contributed by atoms with E-state index in [0.717, 1.165) is 18.9 Å². The normalized spacial score (nSPS) is 15.2. The third-order valence-corrected chi connectivity index (χ3v) is 3.62. The second-order valence-corrected chi connectivity index (χ2v) is 5.64. The van der Waals surface area contributed by atoms with E-state index >= 15 is 0 Å². The molecule has 1 aliphatic carbocycles. The molecule has 110 valence electrons. The van der Waals surface area contributed by atoms with Crippen LogP contribution in [0.15, 0.2) is 22.7 Å². The Hall–Kier alpha value is -1.24. The minimum absolute atomic E-state index is 0.0108. The van der Waals surface area contributed by atoms with Crippen LogP contribution in [0.3, 0.4) is 0 Å². The topological polar surface area (TPSA) is 40.5 Å². The molecule has 0 amide bonds. The number of carboxylic acids is 1. The summed E-state index contributed by atoms with van der Waals surface area (Å²) in [5, 5.41) is 8.73. The van der Waals surface area contributed by atoms with Crippen molar-refractivity contribution in [3.63, 3.8) is 0 Å². The molecule has 2 rings (SSSR count). The number of alkyl halides is 3. The molecule has 0 radical (unpaired) electrons. The van der Waals surface area contributed by atoms with Crippen LogP contribution in [-0.2, 0) is 11.0 Å². The highest BCUT2D eigenvalue weighted by molar-refractivity contribution is 9.10. The summed E-state index contributed by atoms with van der Waals surface area (Å²) in [6.45, 7) is 0.0880. The third kappa shape index (κ3) is 3.65. The molecular formula is C13H13BrF3NO2. The number of hydrogen-bond acceptors (Lipinski definition) is 2. The lowest BCUT2D eigenvalue weighted by molar-refractivity contribution is -0.137. The van der Waals surface area contributed by atoms with E-state index in [1.165, 1.54) is 6.07 Å². The maximum Gasteiger partial charge on any atom is 0.418 e. The highest BCUT2D eigenvalue weighted by Gasteiger charge is 2.38. The summed E-state index contributed by atoms with van der Waals surface area (Å²) >= 11 is 3.04. The zero-order valence-corrected chi connectivity index (χ0v) is 12.0. The zero-order valence-electron chi connectivity index (χ0n) is 10.5. The molecule has 0 aromatic heterocycles. The van der Waals surface area contributed by atoms with E-state index in [1.54, 1.807) is 11.0 Å². The summed E-state index contributed by atoms with van der Waals surface area (Å²) in [6, 6.07) is 3.98. The van der Waals surface area contributed by atoms with Gasteiger partial charge in [-0.05, 0) is 31.0 Å². The highest BCUT2D eigenvalue weighted by atomic mass is 79.9. The van der Waals surface area contributed by atoms with Crippen molar-refractivity contribution in [3.05, 3.63) is 28.2 Å². The second kappa shape index (κ2) is 5.63. The molecule has 0 saturated heterocycles. The average Bonchev–Trinajstić information content (AvgIpc) is 3.13. The van der Waals surface area contributed by atoms with E-state index in [9.17, 15) is 18.0 Å². The van der Waals surface area contributed by atoms with Crippen molar-refractivity contribution in [1.29, 1.82) is 0 Å². The molecule has 1 aliphatic rings.